The molecule has 0 radical (unpaired) electrons. The highest BCUT2D eigenvalue weighted by atomic mass is 19.1. The Morgan fingerprint density at radius 1 is 1.15 bits per heavy atom. The first-order chi connectivity index (χ1) is 9.63. The molecule has 0 N–H and O–H groups in total. The zero-order valence-electron chi connectivity index (χ0n) is 12.5. The van der Waals surface area contributed by atoms with Crippen LogP contribution >= 0.6 is 0 Å². The van der Waals surface area contributed by atoms with Crippen LogP contribution in [-0.4, -0.2) is 9.61 Å². The van der Waals surface area contributed by atoms with Crippen molar-refractivity contribution in [3.8, 4) is 0 Å². The van der Waals surface area contributed by atoms with E-state index < -0.39 is 5.67 Å². The molecule has 1 atom stereocenters. The molecule has 0 amide bonds. The molecule has 3 heteroatoms. The van der Waals surface area contributed by atoms with Crippen molar-refractivity contribution < 1.29 is 4.39 Å². The number of rotatable bonds is 2. The Hall–Kier alpha value is -1.90. The van der Waals surface area contributed by atoms with Gasteiger partial charge in [-0.05, 0) is 25.5 Å². The minimum Gasteiger partial charge on any atom is -0.239 e. The second kappa shape index (κ2) is 5.61. The number of para-hydroxylation sites is 1. The van der Waals surface area contributed by atoms with Crippen LogP contribution in [0.25, 0.3) is 16.4 Å². The normalized spacial score (nSPS) is 13.8. The van der Waals surface area contributed by atoms with E-state index in [2.05, 4.69) is 5.10 Å². The Kier molecular flexibility index (Phi) is 4.07. The third-order valence-electron chi connectivity index (χ3n) is 3.61. The third kappa shape index (κ3) is 2.28. The van der Waals surface area contributed by atoms with Crippen molar-refractivity contribution in [3.63, 3.8) is 0 Å². The minimum atomic E-state index is -1.33. The van der Waals surface area contributed by atoms with E-state index in [1.807, 2.05) is 61.7 Å². The Labute approximate surface area is 119 Å². The highest BCUT2D eigenvalue weighted by molar-refractivity contribution is 5.85. The fourth-order valence-corrected chi connectivity index (χ4v) is 2.35. The van der Waals surface area contributed by atoms with Crippen molar-refractivity contribution in [2.75, 3.05) is 0 Å². The summed E-state index contributed by atoms with van der Waals surface area (Å²) in [5, 5.41) is 5.32. The highest BCUT2D eigenvalue weighted by Crippen LogP contribution is 2.34. The average Bonchev–Trinajstić information content (AvgIpc) is 2.97. The fraction of sp³-hybridized carbons (Fsp3) is 0.353. The molecule has 1 unspecified atom stereocenters. The number of hydrogen-bond acceptors (Lipinski definition) is 1. The Balaban J connectivity index is 0.000000704. The molecule has 2 heterocycles. The molecular weight excluding hydrogens is 251 g/mol. The molecule has 20 heavy (non-hydrogen) atoms. The molecule has 3 rings (SSSR count). The predicted molar refractivity (Wildman–Crippen MR) is 82.8 cm³/mol. The number of alkyl halides is 1. The van der Waals surface area contributed by atoms with E-state index in [0.29, 0.717) is 12.0 Å². The smallest absolute Gasteiger partial charge is 0.135 e. The van der Waals surface area contributed by atoms with Gasteiger partial charge < -0.3 is 0 Å². The first-order valence-electron chi connectivity index (χ1n) is 7.18. The molecule has 2 nitrogen and oxygen atoms in total. The second-order valence-corrected chi connectivity index (χ2v) is 4.80. The number of nitrogens with zero attached hydrogens (tertiary/aromatic N) is 2. The van der Waals surface area contributed by atoms with Crippen LogP contribution in [0, 0.1) is 0 Å². The molecule has 0 bridgehead atoms. The summed E-state index contributed by atoms with van der Waals surface area (Å²) in [6, 6.07) is 11.7. The minimum absolute atomic E-state index is 0.448. The van der Waals surface area contributed by atoms with Crippen molar-refractivity contribution in [2.45, 2.75) is 39.8 Å². The van der Waals surface area contributed by atoms with Gasteiger partial charge in [-0.1, -0.05) is 45.0 Å². The number of halogens is 1. The largest absolute Gasteiger partial charge is 0.239 e. The molecule has 106 valence electrons. The van der Waals surface area contributed by atoms with Gasteiger partial charge >= 0.3 is 0 Å². The maximum absolute atomic E-state index is 14.7. The zero-order valence-corrected chi connectivity index (χ0v) is 12.5. The molecule has 0 saturated carbocycles. The maximum atomic E-state index is 14.7. The Morgan fingerprint density at radius 3 is 2.60 bits per heavy atom. The van der Waals surface area contributed by atoms with Crippen LogP contribution in [0.3, 0.4) is 0 Å². The van der Waals surface area contributed by atoms with Gasteiger partial charge in [0.05, 0.1) is 17.2 Å². The van der Waals surface area contributed by atoms with E-state index >= 15 is 0 Å². The van der Waals surface area contributed by atoms with Crippen LogP contribution in [-0.2, 0) is 5.67 Å². The monoisotopic (exact) mass is 272 g/mol. The van der Waals surface area contributed by atoms with E-state index in [-0.39, 0.29) is 0 Å². The van der Waals surface area contributed by atoms with E-state index in [1.165, 1.54) is 0 Å². The van der Waals surface area contributed by atoms with Crippen LogP contribution in [0.4, 0.5) is 4.39 Å². The van der Waals surface area contributed by atoms with Crippen molar-refractivity contribution in [1.82, 2.24) is 9.61 Å². The Morgan fingerprint density at radius 2 is 1.90 bits per heavy atom. The molecule has 2 aromatic heterocycles. The predicted octanol–water partition coefficient (Wildman–Crippen LogP) is 5.11. The van der Waals surface area contributed by atoms with E-state index in [9.17, 15) is 4.39 Å². The van der Waals surface area contributed by atoms with Gasteiger partial charge in [-0.3, -0.25) is 0 Å². The molecule has 0 spiro atoms. The zero-order chi connectivity index (χ0) is 14.8. The van der Waals surface area contributed by atoms with Crippen molar-refractivity contribution >= 4 is 16.4 Å². The maximum Gasteiger partial charge on any atom is 0.135 e. The van der Waals surface area contributed by atoms with E-state index in [4.69, 9.17) is 0 Å². The van der Waals surface area contributed by atoms with Gasteiger partial charge in [0, 0.05) is 10.9 Å². The van der Waals surface area contributed by atoms with Gasteiger partial charge in [-0.15, -0.1) is 0 Å². The lowest BCUT2D eigenvalue weighted by Crippen LogP contribution is -2.15. The number of benzene rings is 1. The van der Waals surface area contributed by atoms with Gasteiger partial charge in [0.2, 0.25) is 0 Å². The molecule has 0 aliphatic rings. The lowest BCUT2D eigenvalue weighted by molar-refractivity contribution is 0.187. The van der Waals surface area contributed by atoms with Crippen molar-refractivity contribution in [2.24, 2.45) is 0 Å². The summed E-state index contributed by atoms with van der Waals surface area (Å²) in [5.41, 5.74) is 1.23. The van der Waals surface area contributed by atoms with Crippen molar-refractivity contribution in [3.05, 3.63) is 48.2 Å². The lowest BCUT2D eigenvalue weighted by Gasteiger charge is -2.21. The average molecular weight is 272 g/mol. The van der Waals surface area contributed by atoms with Gasteiger partial charge in [0.1, 0.15) is 5.67 Å². The molecule has 1 aromatic carbocycles. The standard InChI is InChI=1S/C15H15FN2.C2H6/c1-3-15(2,16)13-6-4-5-11-7-8-12-9-10-17-18(12)14(11)13;1-2/h4-10H,3H2,1-2H3;1-2H3. The van der Waals surface area contributed by atoms with Crippen LogP contribution in [0.5, 0.6) is 0 Å². The first kappa shape index (κ1) is 14.5. The van der Waals surface area contributed by atoms with Crippen molar-refractivity contribution in [1.29, 1.82) is 0 Å². The summed E-state index contributed by atoms with van der Waals surface area (Å²) in [4.78, 5) is 0. The van der Waals surface area contributed by atoms with Gasteiger partial charge in [-0.2, -0.15) is 5.10 Å². The first-order valence-corrected chi connectivity index (χ1v) is 7.18. The van der Waals surface area contributed by atoms with E-state index in [1.54, 1.807) is 13.1 Å². The summed E-state index contributed by atoms with van der Waals surface area (Å²) < 4.78 is 16.5. The Bertz CT molecular complexity index is 713. The summed E-state index contributed by atoms with van der Waals surface area (Å²) >= 11 is 0. The SMILES string of the molecule is CC.CCC(C)(F)c1cccc2ccc3ccnn3c12. The van der Waals surface area contributed by atoms with Crippen LogP contribution in [0.2, 0.25) is 0 Å². The van der Waals surface area contributed by atoms with Gasteiger partial charge in [-0.25, -0.2) is 8.91 Å². The molecule has 0 aliphatic heterocycles. The van der Waals surface area contributed by atoms with Crippen LogP contribution < -0.4 is 0 Å². The van der Waals surface area contributed by atoms with Gasteiger partial charge in [0.25, 0.3) is 0 Å². The highest BCUT2D eigenvalue weighted by Gasteiger charge is 2.26. The molecule has 0 saturated heterocycles. The quantitative estimate of drug-likeness (QED) is 0.633. The number of fused-ring (bicyclic) bond motifs is 3. The molecular formula is C17H21FN2. The number of hydrogen-bond donors (Lipinski definition) is 0. The van der Waals surface area contributed by atoms with Crippen LogP contribution in [0.1, 0.15) is 39.7 Å². The summed E-state index contributed by atoms with van der Waals surface area (Å²) in [6.45, 7) is 7.49. The third-order valence-corrected chi connectivity index (χ3v) is 3.61. The summed E-state index contributed by atoms with van der Waals surface area (Å²) in [7, 11) is 0. The molecule has 3 aromatic rings. The fourth-order valence-electron chi connectivity index (χ4n) is 2.35. The topological polar surface area (TPSA) is 17.3 Å². The summed E-state index contributed by atoms with van der Waals surface area (Å²) in [5.74, 6) is 0. The van der Waals surface area contributed by atoms with Gasteiger partial charge in [0.15, 0.2) is 0 Å². The lowest BCUT2D eigenvalue weighted by atomic mass is 9.93. The number of aromatic nitrogens is 2. The molecule has 0 fully saturated rings. The molecule has 0 aliphatic carbocycles. The second-order valence-electron chi connectivity index (χ2n) is 4.80. The van der Waals surface area contributed by atoms with E-state index in [0.717, 1.165) is 16.4 Å². The number of pyridine rings is 1. The van der Waals surface area contributed by atoms with Crippen LogP contribution in [0.15, 0.2) is 42.6 Å². The summed E-state index contributed by atoms with van der Waals surface area (Å²) in [6.07, 6.45) is 2.19.